The summed E-state index contributed by atoms with van der Waals surface area (Å²) in [6.45, 7) is 6.55. The van der Waals surface area contributed by atoms with Gasteiger partial charge in [-0.25, -0.2) is 4.98 Å². The van der Waals surface area contributed by atoms with Gasteiger partial charge in [0.15, 0.2) is 0 Å². The molecule has 5 nitrogen and oxygen atoms in total. The van der Waals surface area contributed by atoms with Crippen LogP contribution in [0.2, 0.25) is 0 Å². The Morgan fingerprint density at radius 2 is 2.21 bits per heavy atom. The van der Waals surface area contributed by atoms with Gasteiger partial charge in [0.1, 0.15) is 5.82 Å². The molecule has 2 N–H and O–H groups in total. The van der Waals surface area contributed by atoms with Crippen LogP contribution in [0.4, 0.5) is 0 Å². The molecule has 108 valence electrons. The normalized spacial score (nSPS) is 23.7. The maximum Gasteiger partial charge on any atom is 0.125 e. The monoisotopic (exact) mass is 265 g/mol. The second-order valence-electron chi connectivity index (χ2n) is 5.72. The quantitative estimate of drug-likeness (QED) is 0.860. The first kappa shape index (κ1) is 14.5. The van der Waals surface area contributed by atoms with Crippen molar-refractivity contribution in [2.24, 2.45) is 5.73 Å². The fraction of sp³-hybridized carbons (Fsp3) is 0.786. The van der Waals surface area contributed by atoms with Gasteiger partial charge in [-0.3, -0.25) is 0 Å². The zero-order valence-electron chi connectivity index (χ0n) is 12.4. The maximum absolute atomic E-state index is 6.38. The number of imidazole rings is 1. The largest absolute Gasteiger partial charge is 0.334 e. The molecule has 2 rings (SSSR count). The average Bonchev–Trinajstić information content (AvgIpc) is 2.82. The zero-order valence-corrected chi connectivity index (χ0v) is 12.4. The van der Waals surface area contributed by atoms with Crippen LogP contribution >= 0.6 is 0 Å². The lowest BCUT2D eigenvalue weighted by atomic mass is 10.0. The molecule has 0 amide bonds. The first-order chi connectivity index (χ1) is 9.11. The van der Waals surface area contributed by atoms with Gasteiger partial charge < -0.3 is 20.1 Å². The van der Waals surface area contributed by atoms with Crippen LogP contribution in [0, 0.1) is 0 Å². The molecule has 0 aromatic carbocycles. The lowest BCUT2D eigenvalue weighted by molar-refractivity contribution is 0.103. The molecule has 1 aliphatic heterocycles. The predicted octanol–water partition coefficient (Wildman–Crippen LogP) is 0.929. The SMILES string of the molecule is CCCn1ccnc1C(N)CC1CN(C)CCN1C. The second-order valence-corrected chi connectivity index (χ2v) is 5.72. The molecule has 19 heavy (non-hydrogen) atoms. The van der Waals surface area contributed by atoms with Crippen molar-refractivity contribution >= 4 is 0 Å². The number of piperazine rings is 1. The molecule has 0 aliphatic carbocycles. The highest BCUT2D eigenvalue weighted by Crippen LogP contribution is 2.19. The first-order valence-corrected chi connectivity index (χ1v) is 7.27. The summed E-state index contributed by atoms with van der Waals surface area (Å²) in [5, 5.41) is 0. The number of hydrogen-bond acceptors (Lipinski definition) is 4. The number of aryl methyl sites for hydroxylation is 1. The van der Waals surface area contributed by atoms with Crippen molar-refractivity contribution in [1.29, 1.82) is 0 Å². The number of rotatable bonds is 5. The van der Waals surface area contributed by atoms with E-state index in [1.54, 1.807) is 0 Å². The Balaban J connectivity index is 1.99. The number of nitrogens with zero attached hydrogens (tertiary/aromatic N) is 4. The first-order valence-electron chi connectivity index (χ1n) is 7.27. The third kappa shape index (κ3) is 3.55. The third-order valence-corrected chi connectivity index (χ3v) is 4.05. The molecule has 2 unspecified atom stereocenters. The molecule has 2 atom stereocenters. The number of nitrogens with two attached hydrogens (primary N) is 1. The molecule has 1 aliphatic rings. The fourth-order valence-electron chi connectivity index (χ4n) is 2.83. The average molecular weight is 265 g/mol. The van der Waals surface area contributed by atoms with Crippen LogP contribution < -0.4 is 5.73 Å². The number of likely N-dealkylation sites (N-methyl/N-ethyl adjacent to an activating group) is 2. The Morgan fingerprint density at radius 1 is 1.42 bits per heavy atom. The molecular formula is C14H27N5. The van der Waals surface area contributed by atoms with E-state index in [0.29, 0.717) is 6.04 Å². The van der Waals surface area contributed by atoms with E-state index >= 15 is 0 Å². The summed E-state index contributed by atoms with van der Waals surface area (Å²) in [5.41, 5.74) is 6.38. The molecule has 0 radical (unpaired) electrons. The smallest absolute Gasteiger partial charge is 0.125 e. The predicted molar refractivity (Wildman–Crippen MR) is 78.0 cm³/mol. The summed E-state index contributed by atoms with van der Waals surface area (Å²) in [7, 11) is 4.38. The Morgan fingerprint density at radius 3 is 2.95 bits per heavy atom. The summed E-state index contributed by atoms with van der Waals surface area (Å²) < 4.78 is 2.19. The van der Waals surface area contributed by atoms with E-state index in [9.17, 15) is 0 Å². The van der Waals surface area contributed by atoms with Gasteiger partial charge in [-0.05, 0) is 26.9 Å². The minimum atomic E-state index is 0.0282. The van der Waals surface area contributed by atoms with E-state index in [4.69, 9.17) is 5.73 Å². The summed E-state index contributed by atoms with van der Waals surface area (Å²) in [6, 6.07) is 0.557. The minimum Gasteiger partial charge on any atom is -0.334 e. The lowest BCUT2D eigenvalue weighted by Gasteiger charge is -2.38. The van der Waals surface area contributed by atoms with Gasteiger partial charge in [-0.15, -0.1) is 0 Å². The van der Waals surface area contributed by atoms with Crippen LogP contribution in [0.5, 0.6) is 0 Å². The molecular weight excluding hydrogens is 238 g/mol. The van der Waals surface area contributed by atoms with Crippen molar-refractivity contribution in [2.45, 2.75) is 38.4 Å². The molecule has 1 fully saturated rings. The van der Waals surface area contributed by atoms with Crippen LogP contribution in [-0.2, 0) is 6.54 Å². The van der Waals surface area contributed by atoms with Gasteiger partial charge in [0.2, 0.25) is 0 Å². The Kier molecular flexibility index (Phi) is 4.96. The van der Waals surface area contributed by atoms with Crippen molar-refractivity contribution in [3.8, 4) is 0 Å². The molecule has 0 bridgehead atoms. The van der Waals surface area contributed by atoms with Crippen molar-refractivity contribution in [1.82, 2.24) is 19.4 Å². The van der Waals surface area contributed by atoms with Gasteiger partial charge >= 0.3 is 0 Å². The summed E-state index contributed by atoms with van der Waals surface area (Å²) in [4.78, 5) is 9.26. The van der Waals surface area contributed by atoms with Crippen molar-refractivity contribution in [3.63, 3.8) is 0 Å². The highest BCUT2D eigenvalue weighted by atomic mass is 15.3. The van der Waals surface area contributed by atoms with Gasteiger partial charge in [0.05, 0.1) is 6.04 Å². The van der Waals surface area contributed by atoms with Crippen LogP contribution in [0.3, 0.4) is 0 Å². The van der Waals surface area contributed by atoms with Crippen molar-refractivity contribution < 1.29 is 0 Å². The molecule has 2 heterocycles. The molecule has 5 heteroatoms. The molecule has 0 saturated carbocycles. The Hall–Kier alpha value is -0.910. The topological polar surface area (TPSA) is 50.3 Å². The second kappa shape index (κ2) is 6.50. The maximum atomic E-state index is 6.38. The summed E-state index contributed by atoms with van der Waals surface area (Å²) >= 11 is 0. The summed E-state index contributed by atoms with van der Waals surface area (Å²) in [6.07, 6.45) is 5.99. The van der Waals surface area contributed by atoms with Gasteiger partial charge in [-0.2, -0.15) is 0 Å². The molecule has 1 saturated heterocycles. The number of hydrogen-bond donors (Lipinski definition) is 1. The van der Waals surface area contributed by atoms with Crippen LogP contribution in [0.15, 0.2) is 12.4 Å². The van der Waals surface area contributed by atoms with E-state index in [2.05, 4.69) is 40.4 Å². The highest BCUT2D eigenvalue weighted by molar-refractivity contribution is 5.00. The lowest BCUT2D eigenvalue weighted by Crippen LogP contribution is -2.50. The van der Waals surface area contributed by atoms with E-state index in [1.165, 1.54) is 0 Å². The minimum absolute atomic E-state index is 0.0282. The standard InChI is InChI=1S/C14H27N5/c1-4-6-19-7-5-16-14(19)13(15)10-12-11-17(2)8-9-18(12)3/h5,7,12-13H,4,6,8-11,15H2,1-3H3. The number of aromatic nitrogens is 2. The van der Waals surface area contributed by atoms with E-state index in [0.717, 1.165) is 44.8 Å². The summed E-state index contributed by atoms with van der Waals surface area (Å²) in [5.74, 6) is 1.03. The van der Waals surface area contributed by atoms with Crippen LogP contribution in [0.1, 0.15) is 31.6 Å². The van der Waals surface area contributed by atoms with E-state index < -0.39 is 0 Å². The Labute approximate surface area is 116 Å². The molecule has 1 aromatic rings. The van der Waals surface area contributed by atoms with Crippen molar-refractivity contribution in [2.75, 3.05) is 33.7 Å². The molecule has 0 spiro atoms. The van der Waals surface area contributed by atoms with Gasteiger partial charge in [0, 0.05) is 44.6 Å². The Bertz CT molecular complexity index is 389. The third-order valence-electron chi connectivity index (χ3n) is 4.05. The van der Waals surface area contributed by atoms with Crippen LogP contribution in [0.25, 0.3) is 0 Å². The van der Waals surface area contributed by atoms with Crippen LogP contribution in [-0.4, -0.2) is 59.1 Å². The zero-order chi connectivity index (χ0) is 13.8. The fourth-order valence-corrected chi connectivity index (χ4v) is 2.83. The van der Waals surface area contributed by atoms with Gasteiger partial charge in [0.25, 0.3) is 0 Å². The highest BCUT2D eigenvalue weighted by Gasteiger charge is 2.25. The van der Waals surface area contributed by atoms with Gasteiger partial charge in [-0.1, -0.05) is 6.92 Å². The van der Waals surface area contributed by atoms with E-state index in [-0.39, 0.29) is 6.04 Å². The van der Waals surface area contributed by atoms with Crippen molar-refractivity contribution in [3.05, 3.63) is 18.2 Å². The molecule has 1 aromatic heterocycles. The van der Waals surface area contributed by atoms with E-state index in [1.807, 2.05) is 12.4 Å².